The van der Waals surface area contributed by atoms with Gasteiger partial charge in [-0.3, -0.25) is 9.59 Å². The average Bonchev–Trinajstić information content (AvgIpc) is 3.12. The molecule has 4 N–H and O–H groups in total. The smallest absolute Gasteiger partial charge is 0.312 e. The Labute approximate surface area is 163 Å². The van der Waals surface area contributed by atoms with E-state index in [0.29, 0.717) is 19.4 Å². The summed E-state index contributed by atoms with van der Waals surface area (Å²) in [5.74, 6) is -0.163. The summed E-state index contributed by atoms with van der Waals surface area (Å²) >= 11 is 0. The normalized spacial score (nSPS) is 14.6. The Bertz CT molecular complexity index is 836. The number of benzene rings is 2. The number of hydrogen-bond donors (Lipinski definition) is 3. The number of carbonyl (C=O) groups excluding carboxylic acids is 3. The summed E-state index contributed by atoms with van der Waals surface area (Å²) in [7, 11) is 0. The summed E-state index contributed by atoms with van der Waals surface area (Å²) < 4.78 is 0. The van der Waals surface area contributed by atoms with E-state index in [1.807, 2.05) is 54.6 Å². The molecule has 2 aromatic rings. The zero-order valence-electron chi connectivity index (χ0n) is 15.6. The molecule has 0 aromatic heterocycles. The van der Waals surface area contributed by atoms with Gasteiger partial charge in [0.1, 0.15) is 6.04 Å². The molecule has 4 amide bonds. The van der Waals surface area contributed by atoms with Crippen LogP contribution in [0.25, 0.3) is 0 Å². The van der Waals surface area contributed by atoms with Crippen molar-refractivity contribution >= 4 is 23.5 Å². The Hall–Kier alpha value is -3.35. The fourth-order valence-electron chi connectivity index (χ4n) is 3.26. The minimum atomic E-state index is -0.749. The lowest BCUT2D eigenvalue weighted by atomic mass is 10.1. The zero-order valence-corrected chi connectivity index (χ0v) is 15.6. The molecule has 0 aliphatic carbocycles. The van der Waals surface area contributed by atoms with Gasteiger partial charge in [-0.25, -0.2) is 4.79 Å². The van der Waals surface area contributed by atoms with E-state index in [4.69, 9.17) is 5.73 Å². The van der Waals surface area contributed by atoms with E-state index < -0.39 is 12.1 Å². The van der Waals surface area contributed by atoms with E-state index >= 15 is 0 Å². The zero-order chi connectivity index (χ0) is 19.9. The highest BCUT2D eigenvalue weighted by molar-refractivity contribution is 5.95. The van der Waals surface area contributed by atoms with Crippen molar-refractivity contribution in [3.63, 3.8) is 0 Å². The largest absolute Gasteiger partial charge is 0.352 e. The first-order valence-corrected chi connectivity index (χ1v) is 9.30. The molecule has 146 valence electrons. The number of urea groups is 1. The Morgan fingerprint density at radius 1 is 1.04 bits per heavy atom. The minimum absolute atomic E-state index is 0.141. The first-order chi connectivity index (χ1) is 13.5. The molecule has 1 heterocycles. The van der Waals surface area contributed by atoms with Gasteiger partial charge >= 0.3 is 6.03 Å². The van der Waals surface area contributed by atoms with Gasteiger partial charge in [-0.2, -0.15) is 0 Å². The second-order valence-corrected chi connectivity index (χ2v) is 6.78. The molecule has 3 rings (SSSR count). The van der Waals surface area contributed by atoms with Gasteiger partial charge in [0.2, 0.25) is 11.8 Å². The standard InChI is InChI=1S/C21H24N4O3/c22-21(28)24-18(13-15-5-2-1-3-6-15)20(27)23-14-16-8-10-17(11-9-16)25-12-4-7-19(25)26/h1-3,5-6,8-11,18H,4,7,12-14H2,(H,23,27)(H3,22,24,28). The number of nitrogens with two attached hydrogens (primary N) is 1. The average molecular weight is 380 g/mol. The van der Waals surface area contributed by atoms with Crippen LogP contribution in [-0.4, -0.2) is 30.4 Å². The number of anilines is 1. The van der Waals surface area contributed by atoms with Crippen molar-refractivity contribution in [2.24, 2.45) is 5.73 Å². The minimum Gasteiger partial charge on any atom is -0.352 e. The van der Waals surface area contributed by atoms with Gasteiger partial charge in [-0.05, 0) is 29.7 Å². The van der Waals surface area contributed by atoms with E-state index in [9.17, 15) is 14.4 Å². The number of primary amides is 1. The Morgan fingerprint density at radius 3 is 2.36 bits per heavy atom. The van der Waals surface area contributed by atoms with E-state index in [0.717, 1.165) is 29.8 Å². The number of hydrogen-bond acceptors (Lipinski definition) is 3. The van der Waals surface area contributed by atoms with Crippen LogP contribution in [0.15, 0.2) is 54.6 Å². The fourth-order valence-corrected chi connectivity index (χ4v) is 3.26. The van der Waals surface area contributed by atoms with Crippen LogP contribution in [0.4, 0.5) is 10.5 Å². The molecular formula is C21H24N4O3. The van der Waals surface area contributed by atoms with Gasteiger partial charge in [0.25, 0.3) is 0 Å². The molecule has 2 aromatic carbocycles. The van der Waals surface area contributed by atoms with Crippen molar-refractivity contribution < 1.29 is 14.4 Å². The highest BCUT2D eigenvalue weighted by Crippen LogP contribution is 2.21. The molecule has 0 radical (unpaired) electrons. The predicted octanol–water partition coefficient (Wildman–Crippen LogP) is 1.71. The second kappa shape index (κ2) is 9.03. The van der Waals surface area contributed by atoms with Crippen LogP contribution >= 0.6 is 0 Å². The maximum Gasteiger partial charge on any atom is 0.312 e. The van der Waals surface area contributed by atoms with Crippen LogP contribution in [0.2, 0.25) is 0 Å². The van der Waals surface area contributed by atoms with Crippen LogP contribution in [-0.2, 0) is 22.6 Å². The predicted molar refractivity (Wildman–Crippen MR) is 107 cm³/mol. The number of amides is 4. The molecule has 0 spiro atoms. The molecule has 28 heavy (non-hydrogen) atoms. The summed E-state index contributed by atoms with van der Waals surface area (Å²) in [6, 6.07) is 15.5. The molecule has 1 aliphatic heterocycles. The molecule has 7 nitrogen and oxygen atoms in total. The third-order valence-corrected chi connectivity index (χ3v) is 4.70. The lowest BCUT2D eigenvalue weighted by molar-refractivity contribution is -0.123. The van der Waals surface area contributed by atoms with Gasteiger partial charge in [0, 0.05) is 31.6 Å². The first-order valence-electron chi connectivity index (χ1n) is 9.30. The molecule has 1 aliphatic rings. The monoisotopic (exact) mass is 380 g/mol. The Balaban J connectivity index is 1.58. The third-order valence-electron chi connectivity index (χ3n) is 4.70. The van der Waals surface area contributed by atoms with Crippen LogP contribution in [0.3, 0.4) is 0 Å². The number of carbonyl (C=O) groups is 3. The first kappa shape index (κ1) is 19.4. The van der Waals surface area contributed by atoms with Crippen LogP contribution in [0, 0.1) is 0 Å². The van der Waals surface area contributed by atoms with Crippen molar-refractivity contribution in [3.05, 3.63) is 65.7 Å². The van der Waals surface area contributed by atoms with Crippen LogP contribution < -0.4 is 21.3 Å². The van der Waals surface area contributed by atoms with Gasteiger partial charge in [-0.15, -0.1) is 0 Å². The lowest BCUT2D eigenvalue weighted by Gasteiger charge is -2.18. The van der Waals surface area contributed by atoms with Crippen molar-refractivity contribution in [3.8, 4) is 0 Å². The maximum absolute atomic E-state index is 12.5. The summed E-state index contributed by atoms with van der Waals surface area (Å²) in [6.07, 6.45) is 1.82. The topological polar surface area (TPSA) is 105 Å². The molecule has 0 bridgehead atoms. The Kier molecular flexibility index (Phi) is 6.26. The number of nitrogens with one attached hydrogen (secondary N) is 2. The quantitative estimate of drug-likeness (QED) is 0.681. The SMILES string of the molecule is NC(=O)NC(Cc1ccccc1)C(=O)NCc1ccc(N2CCCC2=O)cc1. The molecule has 1 unspecified atom stereocenters. The van der Waals surface area contributed by atoms with Crippen LogP contribution in [0.5, 0.6) is 0 Å². The van der Waals surface area contributed by atoms with Crippen LogP contribution in [0.1, 0.15) is 24.0 Å². The maximum atomic E-state index is 12.5. The van der Waals surface area contributed by atoms with E-state index in [1.54, 1.807) is 4.90 Å². The van der Waals surface area contributed by atoms with Crippen molar-refractivity contribution in [2.45, 2.75) is 31.8 Å². The highest BCUT2D eigenvalue weighted by atomic mass is 16.2. The number of rotatable bonds is 7. The molecular weight excluding hydrogens is 356 g/mol. The van der Waals surface area contributed by atoms with E-state index in [-0.39, 0.29) is 11.8 Å². The number of nitrogens with zero attached hydrogens (tertiary/aromatic N) is 1. The van der Waals surface area contributed by atoms with Gasteiger partial charge in [0.05, 0.1) is 0 Å². The van der Waals surface area contributed by atoms with E-state index in [1.165, 1.54) is 0 Å². The lowest BCUT2D eigenvalue weighted by Crippen LogP contribution is -2.49. The van der Waals surface area contributed by atoms with Crippen molar-refractivity contribution in [2.75, 3.05) is 11.4 Å². The molecule has 1 saturated heterocycles. The van der Waals surface area contributed by atoms with Crippen molar-refractivity contribution in [1.29, 1.82) is 0 Å². The molecule has 1 atom stereocenters. The second-order valence-electron chi connectivity index (χ2n) is 6.78. The molecule has 7 heteroatoms. The van der Waals surface area contributed by atoms with Gasteiger partial charge in [0.15, 0.2) is 0 Å². The highest BCUT2D eigenvalue weighted by Gasteiger charge is 2.22. The molecule has 0 saturated carbocycles. The molecule has 1 fully saturated rings. The fraction of sp³-hybridized carbons (Fsp3) is 0.286. The summed E-state index contributed by atoms with van der Waals surface area (Å²) in [5.41, 5.74) is 7.92. The van der Waals surface area contributed by atoms with Gasteiger partial charge in [-0.1, -0.05) is 42.5 Å². The Morgan fingerprint density at radius 2 is 1.75 bits per heavy atom. The summed E-state index contributed by atoms with van der Waals surface area (Å²) in [5, 5.41) is 5.33. The summed E-state index contributed by atoms with van der Waals surface area (Å²) in [4.78, 5) is 37.4. The van der Waals surface area contributed by atoms with Gasteiger partial charge < -0.3 is 21.3 Å². The van der Waals surface area contributed by atoms with Crippen molar-refractivity contribution in [1.82, 2.24) is 10.6 Å². The van der Waals surface area contributed by atoms with E-state index in [2.05, 4.69) is 10.6 Å². The summed E-state index contributed by atoms with van der Waals surface area (Å²) in [6.45, 7) is 1.06. The third kappa shape index (κ3) is 5.09.